The fraction of sp³-hybridized carbons (Fsp3) is 0.682. The van der Waals surface area contributed by atoms with Crippen LogP contribution in [0.1, 0.15) is 74.8 Å². The fourth-order valence-corrected chi connectivity index (χ4v) is 4.32. The van der Waals surface area contributed by atoms with Crippen molar-refractivity contribution in [3.8, 4) is 0 Å². The monoisotopic (exact) mass is 402 g/mol. The summed E-state index contributed by atoms with van der Waals surface area (Å²) >= 11 is 0. The zero-order valence-corrected chi connectivity index (χ0v) is 17.8. The molecule has 3 N–H and O–H groups in total. The van der Waals surface area contributed by atoms with Gasteiger partial charge in [0.15, 0.2) is 5.69 Å². The van der Waals surface area contributed by atoms with Gasteiger partial charge in [0.25, 0.3) is 0 Å². The van der Waals surface area contributed by atoms with Gasteiger partial charge in [-0.2, -0.15) is 0 Å². The normalized spacial score (nSPS) is 18.8. The standard InChI is InChI=1S/C22H34N4O3/c1-14(2)20(23)19-18(26-11-9-16(29-3)10-12-26)13-17(22(27)28)25-21(19)24-15-7-5-4-6-8-15/h13-16,23H,4-12H2,1-3H3,(H,24,25)(H,27,28). The van der Waals surface area contributed by atoms with E-state index in [9.17, 15) is 9.90 Å². The van der Waals surface area contributed by atoms with E-state index in [0.29, 0.717) is 11.5 Å². The van der Waals surface area contributed by atoms with Gasteiger partial charge in [0.2, 0.25) is 0 Å². The molecule has 0 aromatic carbocycles. The van der Waals surface area contributed by atoms with Crippen LogP contribution < -0.4 is 10.2 Å². The lowest BCUT2D eigenvalue weighted by Gasteiger charge is -2.35. The Hall–Kier alpha value is -2.15. The molecule has 0 bridgehead atoms. The molecule has 1 saturated carbocycles. The molecule has 1 aromatic heterocycles. The smallest absolute Gasteiger partial charge is 0.354 e. The molecule has 3 rings (SSSR count). The Balaban J connectivity index is 2.03. The van der Waals surface area contributed by atoms with Crippen molar-refractivity contribution in [2.75, 3.05) is 30.4 Å². The number of rotatable bonds is 7. The van der Waals surface area contributed by atoms with Crippen LogP contribution in [0.5, 0.6) is 0 Å². The first-order valence-corrected chi connectivity index (χ1v) is 10.8. The van der Waals surface area contributed by atoms with Gasteiger partial charge in [-0.05, 0) is 37.7 Å². The molecule has 160 valence electrons. The van der Waals surface area contributed by atoms with Crippen molar-refractivity contribution in [3.63, 3.8) is 0 Å². The number of piperidine rings is 1. The lowest BCUT2D eigenvalue weighted by Crippen LogP contribution is -2.38. The minimum Gasteiger partial charge on any atom is -0.477 e. The number of aromatic carboxylic acids is 1. The molecule has 1 saturated heterocycles. The lowest BCUT2D eigenvalue weighted by atomic mass is 9.93. The minimum atomic E-state index is -1.03. The number of ether oxygens (including phenoxy) is 1. The number of hydrogen-bond donors (Lipinski definition) is 3. The van der Waals surface area contributed by atoms with Crippen molar-refractivity contribution in [2.45, 2.75) is 70.9 Å². The summed E-state index contributed by atoms with van der Waals surface area (Å²) in [6.45, 7) is 5.56. The number of anilines is 2. The topological polar surface area (TPSA) is 98.5 Å². The number of nitrogens with one attached hydrogen (secondary N) is 2. The lowest BCUT2D eigenvalue weighted by molar-refractivity contribution is 0.0690. The van der Waals surface area contributed by atoms with Gasteiger partial charge in [-0.3, -0.25) is 0 Å². The van der Waals surface area contributed by atoms with Crippen molar-refractivity contribution in [1.29, 1.82) is 5.41 Å². The molecule has 1 aliphatic heterocycles. The summed E-state index contributed by atoms with van der Waals surface area (Å²) in [6.07, 6.45) is 7.72. The molecule has 29 heavy (non-hydrogen) atoms. The molecular weight excluding hydrogens is 368 g/mol. The Kier molecular flexibility index (Phi) is 7.11. The average molecular weight is 403 g/mol. The summed E-state index contributed by atoms with van der Waals surface area (Å²) < 4.78 is 5.49. The first-order valence-electron chi connectivity index (χ1n) is 10.8. The summed E-state index contributed by atoms with van der Waals surface area (Å²) in [5.41, 5.74) is 2.10. The van der Waals surface area contributed by atoms with Crippen LogP contribution in [0, 0.1) is 11.3 Å². The second-order valence-electron chi connectivity index (χ2n) is 8.53. The fourth-order valence-electron chi connectivity index (χ4n) is 4.32. The Labute approximate surface area is 173 Å². The van der Waals surface area contributed by atoms with Crippen LogP contribution in [-0.2, 0) is 4.74 Å². The quantitative estimate of drug-likeness (QED) is 0.592. The SMILES string of the molecule is COC1CCN(c2cc(C(=O)O)nc(NC3CCCCC3)c2C(=N)C(C)C)CC1. The highest BCUT2D eigenvalue weighted by atomic mass is 16.5. The summed E-state index contributed by atoms with van der Waals surface area (Å²) in [6, 6.07) is 1.93. The molecule has 7 nitrogen and oxygen atoms in total. The van der Waals surface area contributed by atoms with Crippen LogP contribution >= 0.6 is 0 Å². The number of aromatic nitrogens is 1. The Morgan fingerprint density at radius 2 is 1.90 bits per heavy atom. The first kappa shape index (κ1) is 21.6. The molecular formula is C22H34N4O3. The molecule has 0 spiro atoms. The molecule has 0 radical (unpaired) electrons. The van der Waals surface area contributed by atoms with Gasteiger partial charge in [-0.25, -0.2) is 9.78 Å². The van der Waals surface area contributed by atoms with Gasteiger partial charge in [0.05, 0.1) is 17.4 Å². The Morgan fingerprint density at radius 3 is 2.45 bits per heavy atom. The maximum absolute atomic E-state index is 11.8. The number of carboxylic acid groups (broad SMARTS) is 1. The van der Waals surface area contributed by atoms with Gasteiger partial charge < -0.3 is 25.5 Å². The van der Waals surface area contributed by atoms with Crippen molar-refractivity contribution in [1.82, 2.24) is 4.98 Å². The van der Waals surface area contributed by atoms with Gasteiger partial charge in [0, 0.05) is 32.0 Å². The molecule has 1 aliphatic carbocycles. The van der Waals surface area contributed by atoms with E-state index in [-0.39, 0.29) is 23.8 Å². The minimum absolute atomic E-state index is 0.0228. The predicted molar refractivity (Wildman–Crippen MR) is 116 cm³/mol. The molecule has 0 amide bonds. The summed E-state index contributed by atoms with van der Waals surface area (Å²) in [5, 5.41) is 22.0. The molecule has 2 aliphatic rings. The van der Waals surface area contributed by atoms with Crippen molar-refractivity contribution >= 4 is 23.2 Å². The third-order valence-corrected chi connectivity index (χ3v) is 6.13. The number of pyridine rings is 1. The van der Waals surface area contributed by atoms with E-state index < -0.39 is 5.97 Å². The Morgan fingerprint density at radius 1 is 1.24 bits per heavy atom. The third kappa shape index (κ3) is 5.07. The third-order valence-electron chi connectivity index (χ3n) is 6.13. The molecule has 7 heteroatoms. The second-order valence-corrected chi connectivity index (χ2v) is 8.53. The Bertz CT molecular complexity index is 736. The summed E-state index contributed by atoms with van der Waals surface area (Å²) in [7, 11) is 1.74. The zero-order valence-electron chi connectivity index (χ0n) is 17.8. The van der Waals surface area contributed by atoms with Crippen LogP contribution in [0.2, 0.25) is 0 Å². The van der Waals surface area contributed by atoms with Gasteiger partial charge in [0.1, 0.15) is 5.82 Å². The highest BCUT2D eigenvalue weighted by molar-refractivity contribution is 6.09. The number of carboxylic acids is 1. The second kappa shape index (κ2) is 9.57. The number of hydrogen-bond acceptors (Lipinski definition) is 6. The molecule has 1 aromatic rings. The summed E-state index contributed by atoms with van der Waals surface area (Å²) in [4.78, 5) is 18.5. The van der Waals surface area contributed by atoms with Crippen LogP contribution in [0.25, 0.3) is 0 Å². The van der Waals surface area contributed by atoms with Gasteiger partial charge >= 0.3 is 5.97 Å². The zero-order chi connectivity index (χ0) is 21.0. The molecule has 0 unspecified atom stereocenters. The average Bonchev–Trinajstić information content (AvgIpc) is 2.73. The first-order chi connectivity index (χ1) is 13.9. The van der Waals surface area contributed by atoms with Gasteiger partial charge in [-0.15, -0.1) is 0 Å². The number of nitrogens with zero attached hydrogens (tertiary/aromatic N) is 2. The van der Waals surface area contributed by atoms with E-state index in [2.05, 4.69) is 15.2 Å². The van der Waals surface area contributed by atoms with E-state index >= 15 is 0 Å². The van der Waals surface area contributed by atoms with Crippen LogP contribution in [0.15, 0.2) is 6.07 Å². The van der Waals surface area contributed by atoms with Crippen molar-refractivity contribution in [2.24, 2.45) is 5.92 Å². The molecule has 2 fully saturated rings. The van der Waals surface area contributed by atoms with Crippen LogP contribution in [0.4, 0.5) is 11.5 Å². The van der Waals surface area contributed by atoms with E-state index in [1.54, 1.807) is 13.2 Å². The van der Waals surface area contributed by atoms with Gasteiger partial charge in [-0.1, -0.05) is 33.1 Å². The van der Waals surface area contributed by atoms with E-state index in [4.69, 9.17) is 10.1 Å². The van der Waals surface area contributed by atoms with Crippen LogP contribution in [-0.4, -0.2) is 54.1 Å². The van der Waals surface area contributed by atoms with E-state index in [1.807, 2.05) is 13.8 Å². The molecule has 2 heterocycles. The highest BCUT2D eigenvalue weighted by Gasteiger charge is 2.28. The summed E-state index contributed by atoms with van der Waals surface area (Å²) in [5.74, 6) is -0.457. The van der Waals surface area contributed by atoms with E-state index in [1.165, 1.54) is 19.3 Å². The molecule has 0 atom stereocenters. The maximum Gasteiger partial charge on any atom is 0.354 e. The van der Waals surface area contributed by atoms with E-state index in [0.717, 1.165) is 50.0 Å². The number of carbonyl (C=O) groups is 1. The maximum atomic E-state index is 11.8. The van der Waals surface area contributed by atoms with Crippen LogP contribution in [0.3, 0.4) is 0 Å². The van der Waals surface area contributed by atoms with Crippen molar-refractivity contribution in [3.05, 3.63) is 17.3 Å². The van der Waals surface area contributed by atoms with Crippen molar-refractivity contribution < 1.29 is 14.6 Å². The highest BCUT2D eigenvalue weighted by Crippen LogP contribution is 2.34. The predicted octanol–water partition coefficient (Wildman–Crippen LogP) is 4.16. The largest absolute Gasteiger partial charge is 0.477 e. The number of methoxy groups -OCH3 is 1.